The van der Waals surface area contributed by atoms with E-state index >= 15 is 0 Å². The fourth-order valence-corrected chi connectivity index (χ4v) is 1.31. The zero-order valence-electron chi connectivity index (χ0n) is 7.24. The third kappa shape index (κ3) is 4.24. The molecule has 4 N–H and O–H groups in total. The molecule has 7 nitrogen and oxygen atoms in total. The number of carbonyl (C=O) groups excluding carboxylic acids is 1. The van der Waals surface area contributed by atoms with Crippen molar-refractivity contribution in [1.29, 1.82) is 0 Å². The van der Waals surface area contributed by atoms with Crippen LogP contribution in [0.4, 0.5) is 0 Å². The molecule has 0 aromatic heterocycles. The van der Waals surface area contributed by atoms with Crippen molar-refractivity contribution in [3.63, 3.8) is 0 Å². The van der Waals surface area contributed by atoms with E-state index in [9.17, 15) is 8.57 Å². The van der Waals surface area contributed by atoms with Gasteiger partial charge in [0.1, 0.15) is 0 Å². The van der Waals surface area contributed by atoms with Crippen molar-refractivity contribution in [3.05, 3.63) is 0 Å². The second-order valence-electron chi connectivity index (χ2n) is 2.56. The van der Waals surface area contributed by atoms with Gasteiger partial charge in [0.2, 0.25) is 0 Å². The van der Waals surface area contributed by atoms with E-state index in [1.807, 2.05) is 0 Å². The number of aliphatic hydroxyl groups excluding tert-OH is 4. The van der Waals surface area contributed by atoms with Gasteiger partial charge in [-0.05, 0) is 0 Å². The van der Waals surface area contributed by atoms with Crippen molar-refractivity contribution in [2.24, 2.45) is 0 Å². The van der Waals surface area contributed by atoms with Crippen LogP contribution in [0.25, 0.3) is 0 Å². The number of aliphatic hydroxyl groups is 4. The van der Waals surface area contributed by atoms with Crippen LogP contribution in [0.2, 0.25) is 0 Å². The maximum absolute atomic E-state index is 10.7. The molecule has 0 radical (unpaired) electrons. The summed E-state index contributed by atoms with van der Waals surface area (Å²) in [7, 11) is 0. The van der Waals surface area contributed by atoms with Gasteiger partial charge in [0.15, 0.2) is 0 Å². The number of Topliss-reactive ketones (excluding diaryl/α,β-unsaturated/α-hetero) is 1. The standard InChI is InChI=1S/C6H12GeO7/c8-1-3(9)5(11)6(12)4(10)2-14-7-13/h4-8,10-12H,1-2H2/t4-,5-,6-/m1/s1. The Bertz CT molecular complexity index is 197. The zero-order chi connectivity index (χ0) is 11.1. The van der Waals surface area contributed by atoms with Crippen molar-refractivity contribution in [2.45, 2.75) is 18.3 Å². The summed E-state index contributed by atoms with van der Waals surface area (Å²) >= 11 is -2.08. The van der Waals surface area contributed by atoms with E-state index in [1.54, 1.807) is 0 Å². The summed E-state index contributed by atoms with van der Waals surface area (Å²) in [5.41, 5.74) is 0. The molecule has 0 saturated heterocycles. The summed E-state index contributed by atoms with van der Waals surface area (Å²) in [5.74, 6) is -1.00. The normalized spacial score (nSPS) is 16.9. The molecule has 82 valence electrons. The van der Waals surface area contributed by atoms with Crippen molar-refractivity contribution in [1.82, 2.24) is 0 Å². The molecule has 14 heavy (non-hydrogen) atoms. The minimum atomic E-state index is -2.08. The van der Waals surface area contributed by atoms with E-state index < -0.39 is 53.0 Å². The molecule has 0 aliphatic heterocycles. The Hall–Kier alpha value is -0.347. The van der Waals surface area contributed by atoms with Gasteiger partial charge in [-0.25, -0.2) is 0 Å². The summed E-state index contributed by atoms with van der Waals surface area (Å²) in [4.78, 5) is 10.7. The molecule has 0 rings (SSSR count). The summed E-state index contributed by atoms with van der Waals surface area (Å²) in [6.45, 7) is -1.34. The minimum absolute atomic E-state index is 0.416. The third-order valence-electron chi connectivity index (χ3n) is 1.54. The van der Waals surface area contributed by atoms with Gasteiger partial charge in [0.25, 0.3) is 0 Å². The Morgan fingerprint density at radius 2 is 1.93 bits per heavy atom. The average molecular weight is 269 g/mol. The Morgan fingerprint density at radius 3 is 2.36 bits per heavy atom. The average Bonchev–Trinajstić information content (AvgIpc) is 2.22. The van der Waals surface area contributed by atoms with E-state index in [2.05, 4.69) is 3.76 Å². The van der Waals surface area contributed by atoms with Crippen LogP contribution in [0.5, 0.6) is 0 Å². The molecule has 0 aliphatic carbocycles. The van der Waals surface area contributed by atoms with Crippen LogP contribution in [0.3, 0.4) is 0 Å². The molecule has 0 aromatic carbocycles. The summed E-state index contributed by atoms with van der Waals surface area (Å²) in [6.07, 6.45) is -5.13. The number of carbonyl (C=O) groups is 1. The van der Waals surface area contributed by atoms with Crippen LogP contribution in [-0.4, -0.2) is 73.4 Å². The van der Waals surface area contributed by atoms with E-state index in [4.69, 9.17) is 20.4 Å². The quantitative estimate of drug-likeness (QED) is 0.351. The van der Waals surface area contributed by atoms with E-state index in [0.717, 1.165) is 0 Å². The van der Waals surface area contributed by atoms with Crippen LogP contribution in [-0.2, 0) is 12.3 Å². The van der Waals surface area contributed by atoms with E-state index in [0.29, 0.717) is 0 Å². The summed E-state index contributed by atoms with van der Waals surface area (Å²) in [5, 5.41) is 35.6. The second-order valence-corrected chi connectivity index (χ2v) is 3.66. The Balaban J connectivity index is 4.08. The van der Waals surface area contributed by atoms with Crippen molar-refractivity contribution >= 4 is 21.5 Å². The molecule has 8 heteroatoms. The molecule has 0 aliphatic rings. The molecule has 0 spiro atoms. The molecular weight excluding hydrogens is 257 g/mol. The van der Waals surface area contributed by atoms with Gasteiger partial charge in [0.05, 0.1) is 0 Å². The van der Waals surface area contributed by atoms with Crippen molar-refractivity contribution in [3.8, 4) is 0 Å². The zero-order valence-corrected chi connectivity index (χ0v) is 9.66. The van der Waals surface area contributed by atoms with Crippen LogP contribution in [0.1, 0.15) is 0 Å². The van der Waals surface area contributed by atoms with Gasteiger partial charge in [-0.1, -0.05) is 0 Å². The molecule has 0 saturated carbocycles. The SMILES string of the molecule is [O]=[GeH][O]C[C@@H](O)[C@@H](O)[C@H](O)C(=O)CO. The first-order valence-electron chi connectivity index (χ1n) is 3.77. The van der Waals surface area contributed by atoms with Crippen LogP contribution in [0.15, 0.2) is 0 Å². The van der Waals surface area contributed by atoms with Gasteiger partial charge in [-0.3, -0.25) is 0 Å². The first-order valence-corrected chi connectivity index (χ1v) is 5.75. The van der Waals surface area contributed by atoms with Gasteiger partial charge in [0, 0.05) is 0 Å². The summed E-state index contributed by atoms with van der Waals surface area (Å²) < 4.78 is 14.4. The van der Waals surface area contributed by atoms with E-state index in [-0.39, 0.29) is 0 Å². The Kier molecular flexibility index (Phi) is 6.84. The third-order valence-corrected chi connectivity index (χ3v) is 2.23. The number of hydrogen-bond acceptors (Lipinski definition) is 7. The number of rotatable bonds is 7. The molecule has 0 amide bonds. The molecule has 0 heterocycles. The topological polar surface area (TPSA) is 124 Å². The monoisotopic (exact) mass is 270 g/mol. The molecular formula is C6H12GeO7. The van der Waals surface area contributed by atoms with Gasteiger partial charge in [-0.15, -0.1) is 0 Å². The molecule has 0 bridgehead atoms. The second kappa shape index (κ2) is 7.01. The van der Waals surface area contributed by atoms with Gasteiger partial charge >= 0.3 is 85.8 Å². The van der Waals surface area contributed by atoms with E-state index in [1.165, 1.54) is 0 Å². The maximum atomic E-state index is 10.7. The first-order chi connectivity index (χ1) is 6.54. The van der Waals surface area contributed by atoms with Gasteiger partial charge < -0.3 is 0 Å². The Morgan fingerprint density at radius 1 is 1.36 bits per heavy atom. The predicted molar refractivity (Wildman–Crippen MR) is 43.9 cm³/mol. The van der Waals surface area contributed by atoms with Gasteiger partial charge in [-0.2, -0.15) is 0 Å². The molecule has 3 atom stereocenters. The van der Waals surface area contributed by atoms with Crippen molar-refractivity contribution < 1.29 is 32.8 Å². The van der Waals surface area contributed by atoms with Crippen LogP contribution < -0.4 is 0 Å². The first kappa shape index (κ1) is 13.7. The predicted octanol–water partition coefficient (Wildman–Crippen LogP) is -3.66. The number of hydrogen-bond donors (Lipinski definition) is 4. The fourth-order valence-electron chi connectivity index (χ4n) is 0.731. The summed E-state index contributed by atoms with van der Waals surface area (Å²) in [6, 6.07) is 0. The van der Waals surface area contributed by atoms with Crippen LogP contribution >= 0.6 is 0 Å². The Labute approximate surface area is 86.3 Å². The molecule has 0 fully saturated rings. The van der Waals surface area contributed by atoms with Crippen LogP contribution in [0, 0.1) is 0 Å². The molecule has 0 aromatic rings. The number of ketones is 1. The van der Waals surface area contributed by atoms with Crippen molar-refractivity contribution in [2.75, 3.05) is 13.2 Å². The fraction of sp³-hybridized carbons (Fsp3) is 0.833. The molecule has 0 unspecified atom stereocenters.